The number of hydrogen-bond donors (Lipinski definition) is 1. The Morgan fingerprint density at radius 3 is 2.62 bits per heavy atom. The Morgan fingerprint density at radius 1 is 1.25 bits per heavy atom. The van der Waals surface area contributed by atoms with Crippen LogP contribution in [-0.2, 0) is 11.3 Å². The molecule has 2 aromatic rings. The van der Waals surface area contributed by atoms with E-state index < -0.39 is 0 Å². The molecule has 2 aromatic carbocycles. The zero-order valence-corrected chi connectivity index (χ0v) is 15.0. The molecule has 1 unspecified atom stereocenters. The lowest BCUT2D eigenvalue weighted by Crippen LogP contribution is -2.36. The zero-order valence-electron chi connectivity index (χ0n) is 14.3. The van der Waals surface area contributed by atoms with Crippen LogP contribution in [0, 0.1) is 0 Å². The van der Waals surface area contributed by atoms with Gasteiger partial charge >= 0.3 is 0 Å². The first kappa shape index (κ1) is 18.3. The molecule has 0 heterocycles. The van der Waals surface area contributed by atoms with E-state index in [1.807, 2.05) is 67.4 Å². The molecule has 24 heavy (non-hydrogen) atoms. The lowest BCUT2D eigenvalue weighted by Gasteiger charge is -2.19. The van der Waals surface area contributed by atoms with Gasteiger partial charge in [0.1, 0.15) is 5.75 Å². The van der Waals surface area contributed by atoms with Crippen LogP contribution in [0.25, 0.3) is 0 Å². The molecule has 0 aliphatic heterocycles. The molecule has 0 aromatic heterocycles. The number of methoxy groups -OCH3 is 1. The summed E-state index contributed by atoms with van der Waals surface area (Å²) < 4.78 is 5.22. The van der Waals surface area contributed by atoms with Gasteiger partial charge in [0.05, 0.1) is 19.7 Å². The minimum atomic E-state index is -0.0556. The standard InChI is InChI=1S/C19H23ClN2O2/c1-14(16-7-9-17(20)10-8-16)21-19(23)13-22(2)12-15-5-4-6-18(11-15)24-3/h4-11,14H,12-13H2,1-3H3,(H,21,23). The molecule has 128 valence electrons. The van der Waals surface area contributed by atoms with Crippen molar-refractivity contribution in [2.75, 3.05) is 20.7 Å². The molecular weight excluding hydrogens is 324 g/mol. The molecule has 1 atom stereocenters. The summed E-state index contributed by atoms with van der Waals surface area (Å²) in [5, 5.41) is 3.70. The van der Waals surface area contributed by atoms with Gasteiger partial charge in [0, 0.05) is 11.6 Å². The predicted octanol–water partition coefficient (Wildman–Crippen LogP) is 3.66. The van der Waals surface area contributed by atoms with Crippen molar-refractivity contribution in [3.8, 4) is 5.75 Å². The Balaban J connectivity index is 1.85. The first-order valence-corrected chi connectivity index (χ1v) is 8.22. The fourth-order valence-corrected chi connectivity index (χ4v) is 2.63. The number of carbonyl (C=O) groups excluding carboxylic acids is 1. The second kappa shape index (κ2) is 8.71. The summed E-state index contributed by atoms with van der Waals surface area (Å²) >= 11 is 5.89. The van der Waals surface area contributed by atoms with Gasteiger partial charge in [-0.1, -0.05) is 35.9 Å². The van der Waals surface area contributed by atoms with Crippen molar-refractivity contribution in [2.45, 2.75) is 19.5 Å². The molecule has 0 bridgehead atoms. The zero-order chi connectivity index (χ0) is 17.5. The van der Waals surface area contributed by atoms with E-state index in [0.29, 0.717) is 18.1 Å². The van der Waals surface area contributed by atoms with Crippen LogP contribution in [0.1, 0.15) is 24.1 Å². The van der Waals surface area contributed by atoms with Crippen molar-refractivity contribution in [2.24, 2.45) is 0 Å². The third-order valence-corrected chi connectivity index (χ3v) is 4.00. The Morgan fingerprint density at radius 2 is 1.96 bits per heavy atom. The average Bonchev–Trinajstić information content (AvgIpc) is 2.55. The third-order valence-electron chi connectivity index (χ3n) is 3.75. The average molecular weight is 347 g/mol. The highest BCUT2D eigenvalue weighted by atomic mass is 35.5. The van der Waals surface area contributed by atoms with Crippen LogP contribution in [-0.4, -0.2) is 31.5 Å². The number of carbonyl (C=O) groups is 1. The summed E-state index contributed by atoms with van der Waals surface area (Å²) in [5.41, 5.74) is 2.14. The Hall–Kier alpha value is -2.04. The Bertz CT molecular complexity index is 673. The van der Waals surface area contributed by atoms with Gasteiger partial charge in [-0.3, -0.25) is 9.69 Å². The van der Waals surface area contributed by atoms with E-state index in [0.717, 1.165) is 16.9 Å². The molecule has 1 amide bonds. The third kappa shape index (κ3) is 5.55. The van der Waals surface area contributed by atoms with Crippen molar-refractivity contribution in [3.63, 3.8) is 0 Å². The van der Waals surface area contributed by atoms with E-state index in [2.05, 4.69) is 5.32 Å². The maximum absolute atomic E-state index is 12.2. The van der Waals surface area contributed by atoms with E-state index >= 15 is 0 Å². The fraction of sp³-hybridized carbons (Fsp3) is 0.316. The van der Waals surface area contributed by atoms with Gasteiger partial charge in [-0.05, 0) is 49.4 Å². The number of benzene rings is 2. The molecule has 0 fully saturated rings. The monoisotopic (exact) mass is 346 g/mol. The topological polar surface area (TPSA) is 41.6 Å². The second-order valence-corrected chi connectivity index (χ2v) is 6.30. The molecule has 0 aliphatic rings. The van der Waals surface area contributed by atoms with Crippen LogP contribution >= 0.6 is 11.6 Å². The van der Waals surface area contributed by atoms with Crippen LogP contribution in [0.2, 0.25) is 5.02 Å². The Labute approximate surface area is 148 Å². The van der Waals surface area contributed by atoms with Gasteiger partial charge in [-0.15, -0.1) is 0 Å². The molecule has 0 radical (unpaired) electrons. The van der Waals surface area contributed by atoms with Crippen molar-refractivity contribution in [1.29, 1.82) is 0 Å². The van der Waals surface area contributed by atoms with E-state index in [1.165, 1.54) is 0 Å². The summed E-state index contributed by atoms with van der Waals surface area (Å²) in [6.45, 7) is 2.97. The predicted molar refractivity (Wildman–Crippen MR) is 97.3 cm³/mol. The lowest BCUT2D eigenvalue weighted by atomic mass is 10.1. The van der Waals surface area contributed by atoms with Gasteiger partial charge in [0.2, 0.25) is 5.91 Å². The SMILES string of the molecule is COc1cccc(CN(C)CC(=O)NC(C)c2ccc(Cl)cc2)c1. The molecule has 0 saturated heterocycles. The van der Waals surface area contributed by atoms with E-state index in [9.17, 15) is 4.79 Å². The second-order valence-electron chi connectivity index (χ2n) is 5.86. The van der Waals surface area contributed by atoms with E-state index in [1.54, 1.807) is 7.11 Å². The highest BCUT2D eigenvalue weighted by Gasteiger charge is 2.12. The number of ether oxygens (including phenoxy) is 1. The van der Waals surface area contributed by atoms with Gasteiger partial charge < -0.3 is 10.1 Å². The number of halogens is 1. The molecule has 0 aliphatic carbocycles. The van der Waals surface area contributed by atoms with Crippen molar-refractivity contribution in [3.05, 3.63) is 64.7 Å². The number of nitrogens with one attached hydrogen (secondary N) is 1. The molecule has 0 spiro atoms. The van der Waals surface area contributed by atoms with Crippen LogP contribution in [0.15, 0.2) is 48.5 Å². The van der Waals surface area contributed by atoms with Gasteiger partial charge in [0.15, 0.2) is 0 Å². The summed E-state index contributed by atoms with van der Waals surface area (Å²) in [6, 6.07) is 15.3. The van der Waals surface area contributed by atoms with Gasteiger partial charge in [-0.25, -0.2) is 0 Å². The lowest BCUT2D eigenvalue weighted by molar-refractivity contribution is -0.122. The quantitative estimate of drug-likeness (QED) is 0.832. The highest BCUT2D eigenvalue weighted by Crippen LogP contribution is 2.16. The van der Waals surface area contributed by atoms with Crippen molar-refractivity contribution >= 4 is 17.5 Å². The molecule has 5 heteroatoms. The minimum Gasteiger partial charge on any atom is -0.497 e. The minimum absolute atomic E-state index is 0.0113. The largest absolute Gasteiger partial charge is 0.497 e. The normalized spacial score (nSPS) is 12.0. The van der Waals surface area contributed by atoms with Gasteiger partial charge in [0.25, 0.3) is 0 Å². The van der Waals surface area contributed by atoms with Crippen LogP contribution in [0.3, 0.4) is 0 Å². The maximum Gasteiger partial charge on any atom is 0.234 e. The number of amides is 1. The fourth-order valence-electron chi connectivity index (χ4n) is 2.51. The van der Waals surface area contributed by atoms with Crippen LogP contribution < -0.4 is 10.1 Å². The Kier molecular flexibility index (Phi) is 6.64. The summed E-state index contributed by atoms with van der Waals surface area (Å²) in [4.78, 5) is 14.2. The number of nitrogens with zero attached hydrogens (tertiary/aromatic N) is 1. The maximum atomic E-state index is 12.2. The molecular formula is C19H23ClN2O2. The first-order chi connectivity index (χ1) is 11.5. The number of hydrogen-bond acceptors (Lipinski definition) is 3. The van der Waals surface area contributed by atoms with E-state index in [-0.39, 0.29) is 11.9 Å². The summed E-state index contributed by atoms with van der Waals surface area (Å²) in [7, 11) is 3.57. The van der Waals surface area contributed by atoms with Crippen LogP contribution in [0.5, 0.6) is 5.75 Å². The molecule has 1 N–H and O–H groups in total. The molecule has 0 saturated carbocycles. The molecule has 2 rings (SSSR count). The first-order valence-electron chi connectivity index (χ1n) is 7.84. The van der Waals surface area contributed by atoms with E-state index in [4.69, 9.17) is 16.3 Å². The smallest absolute Gasteiger partial charge is 0.234 e. The summed E-state index contributed by atoms with van der Waals surface area (Å²) in [6.07, 6.45) is 0. The number of likely N-dealkylation sites (N-methyl/N-ethyl adjacent to an activating group) is 1. The summed E-state index contributed by atoms with van der Waals surface area (Å²) in [5.74, 6) is 0.810. The van der Waals surface area contributed by atoms with Crippen molar-refractivity contribution < 1.29 is 9.53 Å². The van der Waals surface area contributed by atoms with Gasteiger partial charge in [-0.2, -0.15) is 0 Å². The van der Waals surface area contributed by atoms with Crippen molar-refractivity contribution in [1.82, 2.24) is 10.2 Å². The number of rotatable bonds is 7. The highest BCUT2D eigenvalue weighted by molar-refractivity contribution is 6.30. The van der Waals surface area contributed by atoms with Crippen LogP contribution in [0.4, 0.5) is 0 Å². The molecule has 4 nitrogen and oxygen atoms in total.